The Kier molecular flexibility index (Phi) is 5.04. The summed E-state index contributed by atoms with van der Waals surface area (Å²) in [6, 6.07) is 33.2. The van der Waals surface area contributed by atoms with Crippen LogP contribution in [0.25, 0.3) is 38.8 Å². The molecule has 0 fully saturated rings. The van der Waals surface area contributed by atoms with Crippen LogP contribution in [0.2, 0.25) is 0 Å². The van der Waals surface area contributed by atoms with Crippen LogP contribution in [0.5, 0.6) is 11.6 Å². The van der Waals surface area contributed by atoms with Crippen molar-refractivity contribution in [2.45, 2.75) is 13.3 Å². The van der Waals surface area contributed by atoms with Gasteiger partial charge < -0.3 is 4.74 Å². The first-order chi connectivity index (χ1) is 16.8. The van der Waals surface area contributed by atoms with E-state index in [2.05, 4.69) is 83.2 Å². The van der Waals surface area contributed by atoms with E-state index in [-0.39, 0.29) is 0 Å². The van der Waals surface area contributed by atoms with Gasteiger partial charge in [-0.25, -0.2) is 9.97 Å². The molecule has 4 heteroatoms. The van der Waals surface area contributed by atoms with E-state index in [0.29, 0.717) is 5.88 Å². The second-order valence-electron chi connectivity index (χ2n) is 8.26. The molecule has 0 saturated heterocycles. The Hall–Kier alpha value is -4.44. The van der Waals surface area contributed by atoms with E-state index < -0.39 is 0 Å². The smallest absolute Gasteiger partial charge is 0.219 e. The van der Waals surface area contributed by atoms with Crippen molar-refractivity contribution in [3.63, 3.8) is 0 Å². The highest BCUT2D eigenvalue weighted by Crippen LogP contribution is 2.35. The van der Waals surface area contributed by atoms with E-state index in [1.807, 2.05) is 36.5 Å². The van der Waals surface area contributed by atoms with E-state index in [9.17, 15) is 0 Å². The summed E-state index contributed by atoms with van der Waals surface area (Å²) in [5, 5.41) is 2.43. The maximum absolute atomic E-state index is 5.96. The Bertz CT molecular complexity index is 1600. The minimum Gasteiger partial charge on any atom is -0.439 e. The van der Waals surface area contributed by atoms with Gasteiger partial charge in [-0.05, 0) is 59.5 Å². The van der Waals surface area contributed by atoms with Crippen LogP contribution in [0.3, 0.4) is 0 Å². The first kappa shape index (κ1) is 20.2. The third-order valence-electron chi connectivity index (χ3n) is 6.15. The number of hydrogen-bond acceptors (Lipinski definition) is 3. The fourth-order valence-corrected chi connectivity index (χ4v) is 4.42. The minimum absolute atomic E-state index is 0.580. The van der Waals surface area contributed by atoms with Crippen molar-refractivity contribution in [2.75, 3.05) is 0 Å². The predicted octanol–water partition coefficient (Wildman–Crippen LogP) is 7.60. The van der Waals surface area contributed by atoms with Crippen molar-refractivity contribution in [2.24, 2.45) is 0 Å². The van der Waals surface area contributed by atoms with Crippen LogP contribution in [0.4, 0.5) is 0 Å². The summed E-state index contributed by atoms with van der Waals surface area (Å²) in [5.41, 5.74) is 5.72. The second kappa shape index (κ2) is 8.49. The average molecular weight is 442 g/mol. The molecule has 0 atom stereocenters. The van der Waals surface area contributed by atoms with Gasteiger partial charge in [-0.1, -0.05) is 61.5 Å². The number of aromatic nitrogens is 3. The summed E-state index contributed by atoms with van der Waals surface area (Å²) in [6.07, 6.45) is 4.67. The molecular formula is C30H23N3O. The maximum Gasteiger partial charge on any atom is 0.219 e. The third kappa shape index (κ3) is 3.59. The van der Waals surface area contributed by atoms with Crippen molar-refractivity contribution in [3.05, 3.63) is 115 Å². The average Bonchev–Trinajstić information content (AvgIpc) is 3.23. The molecule has 0 radical (unpaired) electrons. The SMILES string of the molecule is CCc1ccc(-n2c3ccccc3c3ccc(-c4cccc(Oc5ccccn5)c4)cc32)nc1. The molecule has 6 rings (SSSR count). The number of aryl methyl sites for hydroxylation is 1. The standard InChI is InChI=1S/C30H23N3O/c1-2-21-13-16-29(32-20-21)33-27-11-4-3-10-25(27)26-15-14-23(19-28(26)33)22-8-7-9-24(18-22)34-30-12-5-6-17-31-30/h3-20H,2H2,1H3. The zero-order valence-corrected chi connectivity index (χ0v) is 18.8. The zero-order chi connectivity index (χ0) is 22.9. The number of ether oxygens (including phenoxy) is 1. The minimum atomic E-state index is 0.580. The highest BCUT2D eigenvalue weighted by atomic mass is 16.5. The molecule has 0 saturated carbocycles. The fourth-order valence-electron chi connectivity index (χ4n) is 4.42. The van der Waals surface area contributed by atoms with Crippen LogP contribution in [0.15, 0.2) is 109 Å². The Balaban J connectivity index is 1.49. The van der Waals surface area contributed by atoms with Crippen LogP contribution in [0, 0.1) is 0 Å². The molecule has 3 aromatic carbocycles. The molecule has 3 heterocycles. The van der Waals surface area contributed by atoms with Gasteiger partial charge in [0.2, 0.25) is 5.88 Å². The van der Waals surface area contributed by atoms with E-state index in [4.69, 9.17) is 9.72 Å². The number of benzene rings is 3. The second-order valence-corrected chi connectivity index (χ2v) is 8.26. The van der Waals surface area contributed by atoms with Crippen molar-refractivity contribution < 1.29 is 4.74 Å². The Morgan fingerprint density at radius 1 is 0.706 bits per heavy atom. The van der Waals surface area contributed by atoms with Gasteiger partial charge in [0.15, 0.2) is 0 Å². The molecule has 6 aromatic rings. The number of rotatable bonds is 5. The number of pyridine rings is 2. The number of para-hydroxylation sites is 1. The van der Waals surface area contributed by atoms with Gasteiger partial charge in [-0.3, -0.25) is 4.57 Å². The first-order valence-electron chi connectivity index (χ1n) is 11.5. The third-order valence-corrected chi connectivity index (χ3v) is 6.15. The Morgan fingerprint density at radius 2 is 1.56 bits per heavy atom. The summed E-state index contributed by atoms with van der Waals surface area (Å²) in [6.45, 7) is 2.15. The van der Waals surface area contributed by atoms with Crippen LogP contribution in [-0.2, 0) is 6.42 Å². The lowest BCUT2D eigenvalue weighted by molar-refractivity contribution is 0.463. The molecule has 0 aliphatic heterocycles. The largest absolute Gasteiger partial charge is 0.439 e. The summed E-state index contributed by atoms with van der Waals surface area (Å²) in [4.78, 5) is 9.06. The van der Waals surface area contributed by atoms with Crippen LogP contribution in [-0.4, -0.2) is 14.5 Å². The van der Waals surface area contributed by atoms with Gasteiger partial charge in [0.1, 0.15) is 11.6 Å². The van der Waals surface area contributed by atoms with Crippen molar-refractivity contribution in [1.82, 2.24) is 14.5 Å². The van der Waals surface area contributed by atoms with Gasteiger partial charge in [0, 0.05) is 29.2 Å². The van der Waals surface area contributed by atoms with Crippen LogP contribution >= 0.6 is 0 Å². The van der Waals surface area contributed by atoms with Gasteiger partial charge >= 0.3 is 0 Å². The van der Waals surface area contributed by atoms with E-state index in [0.717, 1.165) is 40.1 Å². The molecule has 3 aromatic heterocycles. The number of nitrogens with zero attached hydrogens (tertiary/aromatic N) is 3. The van der Waals surface area contributed by atoms with Crippen LogP contribution in [0.1, 0.15) is 12.5 Å². The summed E-state index contributed by atoms with van der Waals surface area (Å²) < 4.78 is 8.22. The quantitative estimate of drug-likeness (QED) is 0.277. The number of hydrogen-bond donors (Lipinski definition) is 0. The molecule has 164 valence electrons. The molecule has 0 aliphatic carbocycles. The predicted molar refractivity (Wildman–Crippen MR) is 138 cm³/mol. The first-order valence-corrected chi connectivity index (χ1v) is 11.5. The summed E-state index contributed by atoms with van der Waals surface area (Å²) in [5.74, 6) is 2.26. The Labute approximate surface area is 198 Å². The number of fused-ring (bicyclic) bond motifs is 3. The van der Waals surface area contributed by atoms with E-state index >= 15 is 0 Å². The summed E-state index contributed by atoms with van der Waals surface area (Å²) >= 11 is 0. The van der Waals surface area contributed by atoms with Crippen molar-refractivity contribution in [1.29, 1.82) is 0 Å². The van der Waals surface area contributed by atoms with Crippen LogP contribution < -0.4 is 4.74 Å². The topological polar surface area (TPSA) is 39.9 Å². The molecule has 0 spiro atoms. The molecule has 0 N–H and O–H groups in total. The van der Waals surface area contributed by atoms with Crippen molar-refractivity contribution >= 4 is 21.8 Å². The van der Waals surface area contributed by atoms with Gasteiger partial charge in [0.05, 0.1) is 11.0 Å². The molecule has 34 heavy (non-hydrogen) atoms. The van der Waals surface area contributed by atoms with Gasteiger partial charge in [0.25, 0.3) is 0 Å². The van der Waals surface area contributed by atoms with E-state index in [1.165, 1.54) is 16.3 Å². The van der Waals surface area contributed by atoms with Gasteiger partial charge in [-0.15, -0.1) is 0 Å². The maximum atomic E-state index is 5.96. The highest BCUT2D eigenvalue weighted by Gasteiger charge is 2.14. The normalized spacial score (nSPS) is 11.2. The molecule has 0 amide bonds. The van der Waals surface area contributed by atoms with Gasteiger partial charge in [-0.2, -0.15) is 0 Å². The lowest BCUT2D eigenvalue weighted by atomic mass is 10.0. The fraction of sp³-hybridized carbons (Fsp3) is 0.0667. The van der Waals surface area contributed by atoms with E-state index in [1.54, 1.807) is 6.20 Å². The summed E-state index contributed by atoms with van der Waals surface area (Å²) in [7, 11) is 0. The monoisotopic (exact) mass is 441 g/mol. The Morgan fingerprint density at radius 3 is 2.38 bits per heavy atom. The van der Waals surface area contributed by atoms with Crippen molar-refractivity contribution in [3.8, 4) is 28.6 Å². The molecule has 0 bridgehead atoms. The lowest BCUT2D eigenvalue weighted by Gasteiger charge is -2.10. The molecule has 0 unspecified atom stereocenters. The zero-order valence-electron chi connectivity index (χ0n) is 18.8. The molecule has 0 aliphatic rings. The molecular weight excluding hydrogens is 418 g/mol. The molecule has 4 nitrogen and oxygen atoms in total. The highest BCUT2D eigenvalue weighted by molar-refractivity contribution is 6.10. The lowest BCUT2D eigenvalue weighted by Crippen LogP contribution is -1.98.